The fraction of sp³-hybridized carbons (Fsp3) is 0.290. The van der Waals surface area contributed by atoms with Crippen molar-refractivity contribution in [3.8, 4) is 11.1 Å². The Morgan fingerprint density at radius 2 is 0.974 bits per heavy atom. The van der Waals surface area contributed by atoms with Crippen LogP contribution in [0.15, 0.2) is 210 Å². The van der Waals surface area contributed by atoms with E-state index in [0.29, 0.717) is 0 Å². The van der Waals surface area contributed by atoms with Crippen LogP contribution in [-0.2, 0) is 78.6 Å². The molecule has 10 rings (SSSR count). The molecule has 2 heterocycles. The summed E-state index contributed by atoms with van der Waals surface area (Å²) >= 11 is 1.26. The number of hydrogen-bond donors (Lipinski definition) is 0. The van der Waals surface area contributed by atoms with Crippen LogP contribution >= 0.6 is 11.8 Å². The van der Waals surface area contributed by atoms with Gasteiger partial charge in [-0.2, -0.15) is 0 Å². The first-order valence-corrected chi connectivity index (χ1v) is 26.7. The van der Waals surface area contributed by atoms with Crippen LogP contribution in [0.1, 0.15) is 39.3 Å². The molecule has 3 aliphatic rings. The average molecular weight is 1070 g/mol. The Labute approximate surface area is 457 Å². The van der Waals surface area contributed by atoms with Gasteiger partial charge in [0.1, 0.15) is 55.2 Å². The third kappa shape index (κ3) is 13.3. The molecule has 10 atom stereocenters. The molecule has 0 N–H and O–H groups in total. The van der Waals surface area contributed by atoms with Crippen LogP contribution < -0.4 is 0 Å². The largest absolute Gasteiger partial charge is 0.508 e. The number of fused-ring (bicyclic) bond motifs is 3. The molecule has 0 aromatic heterocycles. The summed E-state index contributed by atoms with van der Waals surface area (Å²) in [5.41, 5.74) is 16.9. The first kappa shape index (κ1) is 54.0. The lowest BCUT2D eigenvalue weighted by atomic mass is 9.95. The number of nitrogens with zero attached hydrogens (tertiary/aromatic N) is 3. The molecule has 0 spiro atoms. The molecule has 78 heavy (non-hydrogen) atoms. The van der Waals surface area contributed by atoms with Crippen LogP contribution in [0.4, 0.5) is 4.79 Å². The summed E-state index contributed by atoms with van der Waals surface area (Å²) in [6.45, 7) is -0.0475. The highest BCUT2D eigenvalue weighted by Crippen LogP contribution is 2.45. The summed E-state index contributed by atoms with van der Waals surface area (Å²) in [5, 5.41) is 4.28. The van der Waals surface area contributed by atoms with Crippen molar-refractivity contribution < 1.29 is 57.0 Å². The molecule has 16 heteroatoms. The van der Waals surface area contributed by atoms with Gasteiger partial charge in [0.05, 0.1) is 39.6 Å². The third-order valence-corrected chi connectivity index (χ3v) is 15.0. The topological polar surface area (TPSA) is 175 Å². The second-order valence-electron chi connectivity index (χ2n) is 18.9. The number of carbonyl (C=O) groups excluding carboxylic acids is 2. The van der Waals surface area contributed by atoms with Crippen LogP contribution in [0.5, 0.6) is 0 Å². The fourth-order valence-electron chi connectivity index (χ4n) is 10.1. The van der Waals surface area contributed by atoms with E-state index in [-0.39, 0.29) is 45.6 Å². The van der Waals surface area contributed by atoms with E-state index < -0.39 is 72.6 Å². The van der Waals surface area contributed by atoms with E-state index in [1.165, 1.54) is 18.9 Å². The standard InChI is InChI=1S/C62H59N3O12S/c1-68-59(66)57-56(54(70-36-42-23-9-3-10-24-42)52(64-65-63)61(77-57)78-45-29-15-6-16-30-45)76-60-58(72-38-44-27-13-5-14-28-44)55(71-37-43-25-11-4-12-26-43)53(69-35-41-21-7-2-8-22-41)51(75-60)40-74-62(67)73-39-50-48-33-19-17-31-46(48)47-32-18-20-34-49(47)50/h2-34,50-58,60-61H,35-40H2,1H3/t51-,52+,53-,54-,55+,56+,57+,58-,60-,61+/m1/s1. The molecule has 0 bridgehead atoms. The summed E-state index contributed by atoms with van der Waals surface area (Å²) < 4.78 is 65.8. The van der Waals surface area contributed by atoms with Gasteiger partial charge in [-0.25, -0.2) is 9.59 Å². The van der Waals surface area contributed by atoms with Crippen LogP contribution in [0.3, 0.4) is 0 Å². The summed E-state index contributed by atoms with van der Waals surface area (Å²) in [7, 11) is 1.25. The monoisotopic (exact) mass is 1070 g/mol. The predicted molar refractivity (Wildman–Crippen MR) is 291 cm³/mol. The zero-order valence-electron chi connectivity index (χ0n) is 42.8. The fourth-order valence-corrected chi connectivity index (χ4v) is 11.2. The van der Waals surface area contributed by atoms with Gasteiger partial charge in [0.15, 0.2) is 12.4 Å². The molecule has 0 amide bonds. The molecule has 7 aromatic carbocycles. The van der Waals surface area contributed by atoms with Crippen LogP contribution in [0.2, 0.25) is 0 Å². The van der Waals surface area contributed by atoms with Gasteiger partial charge in [-0.05, 0) is 62.2 Å². The third-order valence-electron chi connectivity index (χ3n) is 13.9. The van der Waals surface area contributed by atoms with E-state index in [1.807, 2.05) is 188 Å². The second kappa shape index (κ2) is 26.8. The summed E-state index contributed by atoms with van der Waals surface area (Å²) in [4.78, 5) is 32.3. The quantitative estimate of drug-likeness (QED) is 0.0272. The molecule has 400 valence electrons. The van der Waals surface area contributed by atoms with Crippen LogP contribution in [-0.4, -0.2) is 92.9 Å². The van der Waals surface area contributed by atoms with Crippen molar-refractivity contribution in [3.05, 3.63) is 244 Å². The zero-order chi connectivity index (χ0) is 53.5. The Morgan fingerprint density at radius 3 is 1.49 bits per heavy atom. The van der Waals surface area contributed by atoms with E-state index in [2.05, 4.69) is 22.2 Å². The molecule has 0 radical (unpaired) electrons. The number of benzene rings is 7. The highest BCUT2D eigenvalue weighted by atomic mass is 32.2. The first-order chi connectivity index (χ1) is 38.4. The molecular weight excluding hydrogens is 1010 g/mol. The van der Waals surface area contributed by atoms with Crippen molar-refractivity contribution in [2.75, 3.05) is 20.3 Å². The number of thioether (sulfide) groups is 1. The predicted octanol–water partition coefficient (Wildman–Crippen LogP) is 11.8. The normalized spacial score (nSPS) is 23.5. The van der Waals surface area contributed by atoms with Crippen LogP contribution in [0, 0.1) is 0 Å². The van der Waals surface area contributed by atoms with Gasteiger partial charge in [-0.3, -0.25) is 0 Å². The Hall–Kier alpha value is -7.34. The van der Waals surface area contributed by atoms with Crippen molar-refractivity contribution in [2.24, 2.45) is 5.11 Å². The van der Waals surface area contributed by atoms with Gasteiger partial charge in [-0.15, -0.1) is 0 Å². The lowest BCUT2D eigenvalue weighted by molar-refractivity contribution is -0.350. The Bertz CT molecular complexity index is 3020. The minimum absolute atomic E-state index is 0.0210. The van der Waals surface area contributed by atoms with Gasteiger partial charge < -0.3 is 47.4 Å². The molecule has 0 unspecified atom stereocenters. The van der Waals surface area contributed by atoms with Crippen molar-refractivity contribution in [1.82, 2.24) is 0 Å². The molecule has 0 saturated carbocycles. The smallest absolute Gasteiger partial charge is 0.467 e. The Balaban J connectivity index is 1.02. The number of rotatable bonds is 22. The minimum Gasteiger partial charge on any atom is -0.467 e. The molecule has 2 fully saturated rings. The van der Waals surface area contributed by atoms with Gasteiger partial charge in [0.2, 0.25) is 0 Å². The minimum atomic E-state index is -1.47. The van der Waals surface area contributed by atoms with E-state index in [0.717, 1.165) is 49.4 Å². The molecule has 1 aliphatic carbocycles. The maximum atomic E-state index is 14.2. The SMILES string of the molecule is COC(=O)[C@H]1O[C@@H](Sc2ccccc2)[C@@H](N=[N+]=[N-])[C@@H](OCc2ccccc2)[C@@H]1O[C@H]1O[C@H](COC(=O)OCC2c3ccccc3-c3ccccc32)[C@@H](OCc2ccccc2)[C@H](OCc2ccccc2)[C@H]1OCc1ccccc1. The van der Waals surface area contributed by atoms with Crippen molar-refractivity contribution in [3.63, 3.8) is 0 Å². The molecule has 2 aliphatic heterocycles. The Kier molecular flexibility index (Phi) is 18.6. The first-order valence-electron chi connectivity index (χ1n) is 25.8. The van der Waals surface area contributed by atoms with E-state index >= 15 is 0 Å². The number of esters is 1. The summed E-state index contributed by atoms with van der Waals surface area (Å²) in [6.07, 6.45) is -10.6. The number of carbonyl (C=O) groups is 2. The second-order valence-corrected chi connectivity index (χ2v) is 20.0. The van der Waals surface area contributed by atoms with Crippen molar-refractivity contribution in [1.29, 1.82) is 0 Å². The number of azide groups is 1. The van der Waals surface area contributed by atoms with Gasteiger partial charge in [0, 0.05) is 15.7 Å². The number of ether oxygens (including phenoxy) is 10. The number of hydrogen-bond acceptors (Lipinski definition) is 14. The highest BCUT2D eigenvalue weighted by Gasteiger charge is 2.56. The van der Waals surface area contributed by atoms with Gasteiger partial charge in [0.25, 0.3) is 0 Å². The van der Waals surface area contributed by atoms with E-state index in [9.17, 15) is 15.1 Å². The maximum absolute atomic E-state index is 14.2. The van der Waals surface area contributed by atoms with Gasteiger partial charge >= 0.3 is 12.1 Å². The van der Waals surface area contributed by atoms with E-state index in [4.69, 9.17) is 47.4 Å². The summed E-state index contributed by atoms with van der Waals surface area (Å²) in [6, 6.07) is 62.8. The molecule has 15 nitrogen and oxygen atoms in total. The van der Waals surface area contributed by atoms with Crippen LogP contribution in [0.25, 0.3) is 21.6 Å². The van der Waals surface area contributed by atoms with E-state index in [1.54, 1.807) is 0 Å². The van der Waals surface area contributed by atoms with Crippen molar-refractivity contribution >= 4 is 23.9 Å². The lowest BCUT2D eigenvalue weighted by Crippen LogP contribution is -2.66. The average Bonchev–Trinajstić information content (AvgIpc) is 3.93. The number of methoxy groups -OCH3 is 1. The highest BCUT2D eigenvalue weighted by molar-refractivity contribution is 7.99. The lowest BCUT2D eigenvalue weighted by Gasteiger charge is -2.49. The summed E-state index contributed by atoms with van der Waals surface area (Å²) in [5.74, 6) is -0.994. The zero-order valence-corrected chi connectivity index (χ0v) is 43.6. The maximum Gasteiger partial charge on any atom is 0.508 e. The molecular formula is C62H59N3O12S. The Morgan fingerprint density at radius 1 is 0.526 bits per heavy atom. The van der Waals surface area contributed by atoms with Crippen molar-refractivity contribution in [2.45, 2.75) is 97.7 Å². The van der Waals surface area contributed by atoms with Gasteiger partial charge in [-0.1, -0.05) is 205 Å². The molecule has 2 saturated heterocycles. The molecule has 7 aromatic rings.